The van der Waals surface area contributed by atoms with Gasteiger partial charge in [0.1, 0.15) is 11.6 Å². The molecule has 2 aromatic rings. The minimum Gasteiger partial charge on any atom is -0.399 e. The third-order valence-corrected chi connectivity index (χ3v) is 4.66. The number of thioether (sulfide) groups is 1. The number of aromatic nitrogens is 3. The van der Waals surface area contributed by atoms with Gasteiger partial charge < -0.3 is 10.3 Å². The van der Waals surface area contributed by atoms with Gasteiger partial charge in [0, 0.05) is 23.5 Å². The Morgan fingerprint density at radius 3 is 3.11 bits per heavy atom. The number of rotatable bonds is 3. The molecule has 5 heteroatoms. The first-order chi connectivity index (χ1) is 9.24. The van der Waals surface area contributed by atoms with Crippen LogP contribution in [-0.2, 0) is 18.7 Å². The van der Waals surface area contributed by atoms with E-state index in [0.717, 1.165) is 36.1 Å². The monoisotopic (exact) mass is 274 g/mol. The van der Waals surface area contributed by atoms with Gasteiger partial charge in [-0.05, 0) is 37.5 Å². The van der Waals surface area contributed by atoms with Crippen molar-refractivity contribution in [3.05, 3.63) is 35.4 Å². The second-order valence-corrected chi connectivity index (χ2v) is 5.97. The van der Waals surface area contributed by atoms with Crippen molar-refractivity contribution in [2.24, 2.45) is 0 Å². The van der Waals surface area contributed by atoms with Gasteiger partial charge >= 0.3 is 0 Å². The van der Waals surface area contributed by atoms with Crippen LogP contribution in [0.5, 0.6) is 0 Å². The Hall–Kier alpha value is -1.49. The summed E-state index contributed by atoms with van der Waals surface area (Å²) < 4.78 is 2.28. The van der Waals surface area contributed by atoms with Gasteiger partial charge in [0.05, 0.1) is 5.75 Å². The average Bonchev–Trinajstić information content (AvgIpc) is 2.83. The summed E-state index contributed by atoms with van der Waals surface area (Å²) in [7, 11) is 0. The molecule has 0 bridgehead atoms. The molecule has 0 radical (unpaired) electrons. The zero-order valence-corrected chi connectivity index (χ0v) is 11.9. The van der Waals surface area contributed by atoms with Crippen molar-refractivity contribution in [3.63, 3.8) is 0 Å². The maximum atomic E-state index is 5.84. The lowest BCUT2D eigenvalue weighted by atomic mass is 10.2. The first-order valence-corrected chi connectivity index (χ1v) is 7.62. The quantitative estimate of drug-likeness (QED) is 0.690. The van der Waals surface area contributed by atoms with E-state index >= 15 is 0 Å². The number of nitrogen functional groups attached to an aromatic ring is 1. The van der Waals surface area contributed by atoms with Crippen LogP contribution in [0.25, 0.3) is 0 Å². The Morgan fingerprint density at radius 2 is 2.21 bits per heavy atom. The van der Waals surface area contributed by atoms with Crippen molar-refractivity contribution >= 4 is 17.4 Å². The number of nitrogens with zero attached hydrogens (tertiary/aromatic N) is 3. The van der Waals surface area contributed by atoms with Crippen LogP contribution < -0.4 is 5.73 Å². The van der Waals surface area contributed by atoms with Crippen LogP contribution in [0.3, 0.4) is 0 Å². The van der Waals surface area contributed by atoms with E-state index in [-0.39, 0.29) is 0 Å². The number of anilines is 1. The van der Waals surface area contributed by atoms with Crippen molar-refractivity contribution in [2.75, 3.05) is 5.73 Å². The smallest absolute Gasteiger partial charge is 0.143 e. The molecular weight excluding hydrogens is 256 g/mol. The fraction of sp³-hybridized carbons (Fsp3) is 0.429. The standard InChI is InChI=1S/C14H18N4S/c1-10-5-6-11(15)8-12(10)19-9-14-17-16-13-4-2-3-7-18(13)14/h5-6,8H,2-4,7,9,15H2,1H3. The van der Waals surface area contributed by atoms with Gasteiger partial charge in [-0.15, -0.1) is 22.0 Å². The molecule has 2 heterocycles. The largest absolute Gasteiger partial charge is 0.399 e. The highest BCUT2D eigenvalue weighted by Gasteiger charge is 2.15. The molecule has 0 fully saturated rings. The number of hydrogen-bond acceptors (Lipinski definition) is 4. The van der Waals surface area contributed by atoms with E-state index in [0.29, 0.717) is 0 Å². The van der Waals surface area contributed by atoms with E-state index in [1.807, 2.05) is 12.1 Å². The average molecular weight is 274 g/mol. The molecule has 4 nitrogen and oxygen atoms in total. The summed E-state index contributed by atoms with van der Waals surface area (Å²) in [6, 6.07) is 6.04. The number of nitrogens with two attached hydrogens (primary N) is 1. The lowest BCUT2D eigenvalue weighted by molar-refractivity contribution is 0.513. The van der Waals surface area contributed by atoms with Gasteiger partial charge in [0.2, 0.25) is 0 Å². The van der Waals surface area contributed by atoms with Crippen LogP contribution in [0.15, 0.2) is 23.1 Å². The summed E-state index contributed by atoms with van der Waals surface area (Å²) in [6.07, 6.45) is 3.54. The highest BCUT2D eigenvalue weighted by atomic mass is 32.2. The molecule has 1 aliphatic rings. The topological polar surface area (TPSA) is 56.7 Å². The van der Waals surface area contributed by atoms with Crippen LogP contribution in [-0.4, -0.2) is 14.8 Å². The molecule has 0 saturated carbocycles. The molecule has 3 rings (SSSR count). The summed E-state index contributed by atoms with van der Waals surface area (Å²) in [5.74, 6) is 3.09. The molecule has 1 aromatic carbocycles. The Bertz CT molecular complexity index is 591. The first kappa shape index (κ1) is 12.5. The van der Waals surface area contributed by atoms with Crippen LogP contribution >= 0.6 is 11.8 Å². The molecule has 100 valence electrons. The molecule has 0 spiro atoms. The number of benzene rings is 1. The predicted molar refractivity (Wildman–Crippen MR) is 78.1 cm³/mol. The number of fused-ring (bicyclic) bond motifs is 1. The van der Waals surface area contributed by atoms with E-state index in [1.54, 1.807) is 11.8 Å². The first-order valence-electron chi connectivity index (χ1n) is 6.64. The number of hydrogen-bond donors (Lipinski definition) is 1. The molecule has 1 aromatic heterocycles. The van der Waals surface area contributed by atoms with E-state index in [9.17, 15) is 0 Å². The van der Waals surface area contributed by atoms with Crippen molar-refractivity contribution < 1.29 is 0 Å². The molecular formula is C14H18N4S. The Balaban J connectivity index is 1.75. The summed E-state index contributed by atoms with van der Waals surface area (Å²) in [5.41, 5.74) is 7.92. The third kappa shape index (κ3) is 2.61. The van der Waals surface area contributed by atoms with Crippen molar-refractivity contribution in [3.8, 4) is 0 Å². The van der Waals surface area contributed by atoms with Crippen molar-refractivity contribution in [1.82, 2.24) is 14.8 Å². The Labute approximate surface area is 117 Å². The summed E-state index contributed by atoms with van der Waals surface area (Å²) in [4.78, 5) is 1.23. The second-order valence-electron chi connectivity index (χ2n) is 4.95. The van der Waals surface area contributed by atoms with Crippen LogP contribution in [0, 0.1) is 6.92 Å². The molecule has 0 amide bonds. The zero-order chi connectivity index (χ0) is 13.2. The molecule has 19 heavy (non-hydrogen) atoms. The molecule has 1 aliphatic heterocycles. The van der Waals surface area contributed by atoms with Gasteiger partial charge in [0.15, 0.2) is 0 Å². The lowest BCUT2D eigenvalue weighted by Gasteiger charge is -2.14. The molecule has 0 aliphatic carbocycles. The van der Waals surface area contributed by atoms with Gasteiger partial charge in [0.25, 0.3) is 0 Å². The highest BCUT2D eigenvalue weighted by molar-refractivity contribution is 7.98. The van der Waals surface area contributed by atoms with Crippen LogP contribution in [0.2, 0.25) is 0 Å². The van der Waals surface area contributed by atoms with Gasteiger partial charge in [-0.1, -0.05) is 6.07 Å². The Kier molecular flexibility index (Phi) is 3.46. The van der Waals surface area contributed by atoms with Gasteiger partial charge in [-0.25, -0.2) is 0 Å². The van der Waals surface area contributed by atoms with Crippen LogP contribution in [0.4, 0.5) is 5.69 Å². The maximum Gasteiger partial charge on any atom is 0.143 e. The molecule has 2 N–H and O–H groups in total. The molecule has 0 unspecified atom stereocenters. The Morgan fingerprint density at radius 1 is 1.32 bits per heavy atom. The maximum absolute atomic E-state index is 5.84. The van der Waals surface area contributed by atoms with E-state index in [1.165, 1.54) is 23.3 Å². The highest BCUT2D eigenvalue weighted by Crippen LogP contribution is 2.28. The van der Waals surface area contributed by atoms with E-state index < -0.39 is 0 Å². The minimum absolute atomic E-state index is 0.816. The fourth-order valence-electron chi connectivity index (χ4n) is 2.39. The summed E-state index contributed by atoms with van der Waals surface area (Å²) >= 11 is 1.79. The van der Waals surface area contributed by atoms with Gasteiger partial charge in [-0.2, -0.15) is 0 Å². The van der Waals surface area contributed by atoms with Crippen LogP contribution in [0.1, 0.15) is 30.1 Å². The normalized spacial score (nSPS) is 14.4. The van der Waals surface area contributed by atoms with Gasteiger partial charge in [-0.3, -0.25) is 0 Å². The summed E-state index contributed by atoms with van der Waals surface area (Å²) in [5, 5.41) is 8.61. The number of aryl methyl sites for hydroxylation is 2. The van der Waals surface area contributed by atoms with E-state index in [2.05, 4.69) is 27.8 Å². The minimum atomic E-state index is 0.816. The molecule has 0 atom stereocenters. The van der Waals surface area contributed by atoms with Crippen molar-refractivity contribution in [1.29, 1.82) is 0 Å². The second kappa shape index (κ2) is 5.25. The summed E-state index contributed by atoms with van der Waals surface area (Å²) in [6.45, 7) is 3.18. The van der Waals surface area contributed by atoms with Crippen molar-refractivity contribution in [2.45, 2.75) is 43.4 Å². The zero-order valence-electron chi connectivity index (χ0n) is 11.1. The lowest BCUT2D eigenvalue weighted by Crippen LogP contribution is -2.12. The third-order valence-electron chi connectivity index (χ3n) is 3.51. The predicted octanol–water partition coefficient (Wildman–Crippen LogP) is 2.80. The van der Waals surface area contributed by atoms with E-state index in [4.69, 9.17) is 5.73 Å². The molecule has 0 saturated heterocycles. The SMILES string of the molecule is Cc1ccc(N)cc1SCc1nnc2n1CCCC2. The fourth-order valence-corrected chi connectivity index (χ4v) is 3.40.